The summed E-state index contributed by atoms with van der Waals surface area (Å²) in [5, 5.41) is 11.0. The number of carbonyl (C=O) groups is 1. The molecule has 4 fully saturated rings. The Kier molecular flexibility index (Phi) is 3.42. The first kappa shape index (κ1) is 17.0. The van der Waals surface area contributed by atoms with E-state index in [0.717, 1.165) is 32.1 Å². The van der Waals surface area contributed by atoms with Crippen molar-refractivity contribution in [1.29, 1.82) is 0 Å². The van der Waals surface area contributed by atoms with Crippen molar-refractivity contribution < 1.29 is 19.4 Å². The van der Waals surface area contributed by atoms with Crippen molar-refractivity contribution in [3.63, 3.8) is 0 Å². The monoisotopic (exact) mass is 336 g/mol. The van der Waals surface area contributed by atoms with Crippen LogP contribution in [-0.4, -0.2) is 39.9 Å². The van der Waals surface area contributed by atoms with Crippen LogP contribution in [0.4, 0.5) is 0 Å². The number of hydrogen-bond acceptors (Lipinski definition) is 4. The van der Waals surface area contributed by atoms with Crippen LogP contribution in [0.15, 0.2) is 0 Å². The van der Waals surface area contributed by atoms with Crippen LogP contribution in [0.5, 0.6) is 0 Å². The van der Waals surface area contributed by atoms with Gasteiger partial charge < -0.3 is 14.6 Å². The average molecular weight is 336 g/mol. The number of rotatable bonds is 0. The third-order valence-corrected chi connectivity index (χ3v) is 8.03. The Morgan fingerprint density at radius 2 is 1.54 bits per heavy atom. The second-order valence-electron chi connectivity index (χ2n) is 10.00. The van der Waals surface area contributed by atoms with E-state index in [1.807, 2.05) is 0 Å². The molecule has 0 aromatic rings. The molecule has 2 bridgehead atoms. The number of ether oxygens (including phenoxy) is 2. The number of carbonyl (C=O) groups excluding carboxylic acids is 1. The molecule has 24 heavy (non-hydrogen) atoms. The predicted molar refractivity (Wildman–Crippen MR) is 90.6 cm³/mol. The SMILES string of the molecule is CC12CCC3C(C)(O)C(=O)CC(CC4OC4(C)CCC1O2)C3(C)C. The van der Waals surface area contributed by atoms with Gasteiger partial charge in [-0.3, -0.25) is 4.79 Å². The number of fused-ring (bicyclic) bond motifs is 4. The first-order chi connectivity index (χ1) is 11.0. The molecule has 2 aliphatic carbocycles. The summed E-state index contributed by atoms with van der Waals surface area (Å²) in [7, 11) is 0. The molecule has 4 nitrogen and oxygen atoms in total. The highest BCUT2D eigenvalue weighted by atomic mass is 16.6. The maximum atomic E-state index is 12.7. The fourth-order valence-electron chi connectivity index (χ4n) is 5.73. The number of epoxide rings is 2. The lowest BCUT2D eigenvalue weighted by Gasteiger charge is -2.52. The normalized spacial score (nSPS) is 56.3. The Balaban J connectivity index is 1.66. The van der Waals surface area contributed by atoms with Gasteiger partial charge in [0.25, 0.3) is 0 Å². The standard InChI is InChI=1S/C20H32O4/c1-17(2)12-10-14(21)20(5,22)13(17)6-8-18(3)15(23-18)7-9-19(4)16(11-12)24-19/h12-13,15-16,22H,6-11H2,1-5H3. The minimum absolute atomic E-state index is 0.00894. The largest absolute Gasteiger partial charge is 0.382 e. The molecule has 0 amide bonds. The van der Waals surface area contributed by atoms with Gasteiger partial charge >= 0.3 is 0 Å². The van der Waals surface area contributed by atoms with Crippen LogP contribution in [-0.2, 0) is 14.3 Å². The number of hydrogen-bond donors (Lipinski definition) is 1. The third-order valence-electron chi connectivity index (χ3n) is 8.03. The maximum absolute atomic E-state index is 12.7. The Labute approximate surface area is 145 Å². The molecule has 2 saturated heterocycles. The Hall–Kier alpha value is -0.450. The molecule has 1 N–H and O–H groups in total. The molecule has 7 unspecified atom stereocenters. The van der Waals surface area contributed by atoms with Crippen molar-refractivity contribution >= 4 is 5.78 Å². The first-order valence-electron chi connectivity index (χ1n) is 9.60. The van der Waals surface area contributed by atoms with Crippen LogP contribution in [0.1, 0.15) is 73.1 Å². The lowest BCUT2D eigenvalue weighted by atomic mass is 9.54. The van der Waals surface area contributed by atoms with Crippen LogP contribution in [0.25, 0.3) is 0 Å². The van der Waals surface area contributed by atoms with Crippen molar-refractivity contribution in [1.82, 2.24) is 0 Å². The third kappa shape index (κ3) is 2.40. The number of aliphatic hydroxyl groups is 1. The Morgan fingerprint density at radius 1 is 0.958 bits per heavy atom. The molecule has 0 aromatic heterocycles. The van der Waals surface area contributed by atoms with Gasteiger partial charge in [-0.15, -0.1) is 0 Å². The van der Waals surface area contributed by atoms with Gasteiger partial charge in [0.05, 0.1) is 23.4 Å². The molecular weight excluding hydrogens is 304 g/mol. The van der Waals surface area contributed by atoms with Crippen LogP contribution in [0.3, 0.4) is 0 Å². The highest BCUT2D eigenvalue weighted by Crippen LogP contribution is 2.57. The summed E-state index contributed by atoms with van der Waals surface area (Å²) in [6.45, 7) is 10.6. The topological polar surface area (TPSA) is 62.4 Å². The van der Waals surface area contributed by atoms with E-state index in [-0.39, 0.29) is 40.3 Å². The molecule has 2 heterocycles. The maximum Gasteiger partial charge on any atom is 0.164 e. The smallest absolute Gasteiger partial charge is 0.164 e. The molecule has 4 rings (SSSR count). The summed E-state index contributed by atoms with van der Waals surface area (Å²) < 4.78 is 12.1. The number of Topliss-reactive ketones (excluding diaryl/α,β-unsaturated/α-hetero) is 1. The molecule has 4 heteroatoms. The van der Waals surface area contributed by atoms with Gasteiger partial charge in [0.1, 0.15) is 5.60 Å². The van der Waals surface area contributed by atoms with Crippen LogP contribution in [0, 0.1) is 17.3 Å². The first-order valence-corrected chi connectivity index (χ1v) is 9.60. The molecule has 2 aliphatic heterocycles. The van der Waals surface area contributed by atoms with Gasteiger partial charge in [0, 0.05) is 6.42 Å². The van der Waals surface area contributed by atoms with Crippen LogP contribution < -0.4 is 0 Å². The fraction of sp³-hybridized carbons (Fsp3) is 0.950. The van der Waals surface area contributed by atoms with E-state index in [9.17, 15) is 9.90 Å². The van der Waals surface area contributed by atoms with E-state index in [4.69, 9.17) is 9.47 Å². The second-order valence-corrected chi connectivity index (χ2v) is 10.00. The van der Waals surface area contributed by atoms with E-state index >= 15 is 0 Å². The van der Waals surface area contributed by atoms with Gasteiger partial charge in [-0.1, -0.05) is 13.8 Å². The van der Waals surface area contributed by atoms with Crippen molar-refractivity contribution in [2.45, 2.75) is 102 Å². The van der Waals surface area contributed by atoms with E-state index in [1.54, 1.807) is 6.92 Å². The summed E-state index contributed by atoms with van der Waals surface area (Å²) in [6, 6.07) is 0. The number of ketones is 1. The molecule has 0 aromatic carbocycles. The highest BCUT2D eigenvalue weighted by molar-refractivity contribution is 5.88. The van der Waals surface area contributed by atoms with Gasteiger partial charge in [0.15, 0.2) is 5.78 Å². The lowest BCUT2D eigenvalue weighted by molar-refractivity contribution is -0.164. The summed E-state index contributed by atoms with van der Waals surface area (Å²) >= 11 is 0. The van der Waals surface area contributed by atoms with E-state index in [2.05, 4.69) is 27.7 Å². The van der Waals surface area contributed by atoms with Gasteiger partial charge in [-0.2, -0.15) is 0 Å². The second kappa shape index (κ2) is 4.83. The van der Waals surface area contributed by atoms with Crippen LogP contribution >= 0.6 is 0 Å². The summed E-state index contributed by atoms with van der Waals surface area (Å²) in [5.41, 5.74) is -1.43. The molecule has 0 radical (unpaired) electrons. The molecule has 2 saturated carbocycles. The summed E-state index contributed by atoms with van der Waals surface area (Å²) in [6.07, 6.45) is 5.83. The van der Waals surface area contributed by atoms with Crippen molar-refractivity contribution in [3.8, 4) is 0 Å². The van der Waals surface area contributed by atoms with Gasteiger partial charge in [-0.25, -0.2) is 0 Å². The van der Waals surface area contributed by atoms with E-state index in [1.165, 1.54) is 0 Å². The molecular formula is C20H32O4. The van der Waals surface area contributed by atoms with Gasteiger partial charge in [0.2, 0.25) is 0 Å². The fourth-order valence-corrected chi connectivity index (χ4v) is 5.73. The van der Waals surface area contributed by atoms with Crippen LogP contribution in [0.2, 0.25) is 0 Å². The Bertz CT molecular complexity index is 568. The molecule has 136 valence electrons. The van der Waals surface area contributed by atoms with Crippen molar-refractivity contribution in [2.75, 3.05) is 0 Å². The predicted octanol–water partition coefficient (Wildman–Crippen LogP) is 3.25. The summed E-state index contributed by atoms with van der Waals surface area (Å²) in [5.74, 6) is 0.266. The molecule has 7 atom stereocenters. The quantitative estimate of drug-likeness (QED) is 0.690. The molecule has 4 aliphatic rings. The van der Waals surface area contributed by atoms with Crippen molar-refractivity contribution in [2.24, 2.45) is 17.3 Å². The Morgan fingerprint density at radius 3 is 2.25 bits per heavy atom. The molecule has 0 spiro atoms. The minimum Gasteiger partial charge on any atom is -0.382 e. The summed E-state index contributed by atoms with van der Waals surface area (Å²) in [4.78, 5) is 12.7. The van der Waals surface area contributed by atoms with Crippen molar-refractivity contribution in [3.05, 3.63) is 0 Å². The van der Waals surface area contributed by atoms with Gasteiger partial charge in [-0.05, 0) is 70.1 Å². The minimum atomic E-state index is -1.22. The lowest BCUT2D eigenvalue weighted by Crippen LogP contribution is -2.57. The zero-order valence-corrected chi connectivity index (χ0v) is 15.7. The zero-order valence-electron chi connectivity index (χ0n) is 15.7. The average Bonchev–Trinajstić information content (AvgIpc) is 3.30. The van der Waals surface area contributed by atoms with E-state index in [0.29, 0.717) is 12.5 Å². The zero-order chi connectivity index (χ0) is 17.5. The highest BCUT2D eigenvalue weighted by Gasteiger charge is 2.62. The van der Waals surface area contributed by atoms with E-state index < -0.39 is 5.60 Å².